The van der Waals surface area contributed by atoms with Crippen LogP contribution in [0.2, 0.25) is 0 Å². The van der Waals surface area contributed by atoms with Gasteiger partial charge in [0.15, 0.2) is 0 Å². The van der Waals surface area contributed by atoms with E-state index >= 15 is 0 Å². The highest BCUT2D eigenvalue weighted by Crippen LogP contribution is 1.93. The largest absolute Gasteiger partial charge is 0.480 e. The Hall–Kier alpha value is -1.83. The fourth-order valence-electron chi connectivity index (χ4n) is 1.55. The molecule has 0 aliphatic carbocycles. The summed E-state index contributed by atoms with van der Waals surface area (Å²) in [6, 6.07) is -1.73. The van der Waals surface area contributed by atoms with Crippen LogP contribution in [0.25, 0.3) is 0 Å². The van der Waals surface area contributed by atoms with E-state index in [2.05, 4.69) is 10.6 Å². The van der Waals surface area contributed by atoms with Crippen LogP contribution in [0.1, 0.15) is 20.3 Å². The van der Waals surface area contributed by atoms with E-state index in [1.54, 1.807) is 4.90 Å². The predicted octanol–water partition coefficient (Wildman–Crippen LogP) is -0.356. The number of likely N-dealkylation sites (N-methyl/N-ethyl adjacent to an activating group) is 1. The molecule has 116 valence electrons. The van der Waals surface area contributed by atoms with E-state index in [4.69, 9.17) is 9.84 Å². The van der Waals surface area contributed by atoms with Gasteiger partial charge < -0.3 is 25.4 Å². The zero-order valence-electron chi connectivity index (χ0n) is 12.1. The minimum Gasteiger partial charge on any atom is -0.480 e. The van der Waals surface area contributed by atoms with Crippen molar-refractivity contribution >= 4 is 17.9 Å². The summed E-state index contributed by atoms with van der Waals surface area (Å²) in [6.07, 6.45) is 0.156. The summed E-state index contributed by atoms with van der Waals surface area (Å²) in [6.45, 7) is 4.85. The van der Waals surface area contributed by atoms with Crippen LogP contribution in [-0.2, 0) is 14.3 Å². The first-order valence-electron chi connectivity index (χ1n) is 6.50. The maximum absolute atomic E-state index is 11.6. The SMILES string of the molecule is CCN(CC)C(=O)CNC(=O)NC(CCOC)C(=O)O. The van der Waals surface area contributed by atoms with Gasteiger partial charge in [0.25, 0.3) is 0 Å². The third-order valence-corrected chi connectivity index (χ3v) is 2.73. The molecule has 3 amide bonds. The molecule has 3 N–H and O–H groups in total. The van der Waals surface area contributed by atoms with Gasteiger partial charge in [0.05, 0.1) is 6.54 Å². The first kappa shape index (κ1) is 18.2. The van der Waals surface area contributed by atoms with Crippen LogP contribution < -0.4 is 10.6 Å². The van der Waals surface area contributed by atoms with Gasteiger partial charge >= 0.3 is 12.0 Å². The van der Waals surface area contributed by atoms with E-state index in [-0.39, 0.29) is 25.5 Å². The molecule has 8 nitrogen and oxygen atoms in total. The first-order chi connectivity index (χ1) is 9.46. The van der Waals surface area contributed by atoms with Crippen molar-refractivity contribution in [1.29, 1.82) is 0 Å². The second-order valence-corrected chi connectivity index (χ2v) is 4.07. The number of ether oxygens (including phenoxy) is 1. The summed E-state index contributed by atoms with van der Waals surface area (Å²) in [5.41, 5.74) is 0. The average Bonchev–Trinajstić information content (AvgIpc) is 2.42. The number of urea groups is 1. The topological polar surface area (TPSA) is 108 Å². The van der Waals surface area contributed by atoms with E-state index in [9.17, 15) is 14.4 Å². The average molecular weight is 289 g/mol. The Morgan fingerprint density at radius 1 is 1.25 bits per heavy atom. The zero-order valence-corrected chi connectivity index (χ0v) is 12.1. The predicted molar refractivity (Wildman–Crippen MR) is 72.4 cm³/mol. The summed E-state index contributed by atoms with van der Waals surface area (Å²) in [5, 5.41) is 13.5. The molecular weight excluding hydrogens is 266 g/mol. The molecule has 1 unspecified atom stereocenters. The minimum absolute atomic E-state index is 0.156. The van der Waals surface area contributed by atoms with E-state index in [1.165, 1.54) is 7.11 Å². The summed E-state index contributed by atoms with van der Waals surface area (Å²) in [7, 11) is 1.45. The van der Waals surface area contributed by atoms with Crippen LogP contribution in [0.3, 0.4) is 0 Å². The Labute approximate surface area is 118 Å². The Kier molecular flexibility index (Phi) is 9.10. The number of nitrogens with zero attached hydrogens (tertiary/aromatic N) is 1. The van der Waals surface area contributed by atoms with Crippen molar-refractivity contribution in [2.24, 2.45) is 0 Å². The number of methoxy groups -OCH3 is 1. The lowest BCUT2D eigenvalue weighted by molar-refractivity contribution is -0.139. The highest BCUT2D eigenvalue weighted by atomic mass is 16.5. The summed E-state index contributed by atoms with van der Waals surface area (Å²) < 4.78 is 4.77. The number of carboxylic acid groups (broad SMARTS) is 1. The van der Waals surface area contributed by atoms with Gasteiger partial charge in [0.1, 0.15) is 6.04 Å². The highest BCUT2D eigenvalue weighted by molar-refractivity contribution is 5.86. The summed E-state index contributed by atoms with van der Waals surface area (Å²) in [4.78, 5) is 35.7. The van der Waals surface area contributed by atoms with Gasteiger partial charge in [-0.15, -0.1) is 0 Å². The lowest BCUT2D eigenvalue weighted by atomic mass is 10.2. The molecule has 0 spiro atoms. The summed E-state index contributed by atoms with van der Waals surface area (Å²) in [5.74, 6) is -1.36. The zero-order chi connectivity index (χ0) is 15.5. The van der Waals surface area contributed by atoms with Crippen molar-refractivity contribution in [2.75, 3.05) is 33.4 Å². The fraction of sp³-hybridized carbons (Fsp3) is 0.750. The number of carboxylic acids is 1. The molecule has 0 fully saturated rings. The Bertz CT molecular complexity index is 331. The van der Waals surface area contributed by atoms with E-state index in [1.807, 2.05) is 13.8 Å². The molecular formula is C12H23N3O5. The molecule has 8 heteroatoms. The van der Waals surface area contributed by atoms with Gasteiger partial charge in [-0.3, -0.25) is 4.79 Å². The van der Waals surface area contributed by atoms with Crippen LogP contribution in [0, 0.1) is 0 Å². The quantitative estimate of drug-likeness (QED) is 0.537. The van der Waals surface area contributed by atoms with Crippen LogP contribution in [0.4, 0.5) is 4.79 Å². The van der Waals surface area contributed by atoms with Crippen molar-refractivity contribution in [3.8, 4) is 0 Å². The first-order valence-corrected chi connectivity index (χ1v) is 6.50. The van der Waals surface area contributed by atoms with Gasteiger partial charge in [0, 0.05) is 33.2 Å². The third kappa shape index (κ3) is 6.93. The monoisotopic (exact) mass is 289 g/mol. The number of rotatable bonds is 9. The fourth-order valence-corrected chi connectivity index (χ4v) is 1.55. The molecule has 0 heterocycles. The summed E-state index contributed by atoms with van der Waals surface area (Å²) >= 11 is 0. The molecule has 0 bridgehead atoms. The van der Waals surface area contributed by atoms with E-state index in [0.29, 0.717) is 13.1 Å². The second kappa shape index (κ2) is 10.0. The molecule has 0 aromatic heterocycles. The van der Waals surface area contributed by atoms with Gasteiger partial charge in [0.2, 0.25) is 5.91 Å². The van der Waals surface area contributed by atoms with Crippen LogP contribution in [0.15, 0.2) is 0 Å². The standard InChI is InChI=1S/C12H23N3O5/c1-4-15(5-2)10(16)8-13-12(19)14-9(11(17)18)6-7-20-3/h9H,4-8H2,1-3H3,(H,17,18)(H2,13,14,19). The molecule has 0 saturated heterocycles. The molecule has 0 rings (SSSR count). The Morgan fingerprint density at radius 3 is 2.30 bits per heavy atom. The molecule has 0 radical (unpaired) electrons. The Balaban J connectivity index is 4.19. The van der Waals surface area contributed by atoms with Crippen molar-refractivity contribution in [3.05, 3.63) is 0 Å². The highest BCUT2D eigenvalue weighted by Gasteiger charge is 2.20. The van der Waals surface area contributed by atoms with E-state index < -0.39 is 18.0 Å². The van der Waals surface area contributed by atoms with Gasteiger partial charge in [-0.05, 0) is 13.8 Å². The van der Waals surface area contributed by atoms with Crippen molar-refractivity contribution in [1.82, 2.24) is 15.5 Å². The molecule has 0 aromatic rings. The number of hydrogen-bond acceptors (Lipinski definition) is 4. The number of hydrogen-bond donors (Lipinski definition) is 3. The van der Waals surface area contributed by atoms with Gasteiger partial charge in [-0.2, -0.15) is 0 Å². The van der Waals surface area contributed by atoms with Crippen LogP contribution in [-0.4, -0.2) is 67.3 Å². The Morgan fingerprint density at radius 2 is 1.85 bits per heavy atom. The van der Waals surface area contributed by atoms with Gasteiger partial charge in [-0.25, -0.2) is 9.59 Å². The smallest absolute Gasteiger partial charge is 0.326 e. The van der Waals surface area contributed by atoms with E-state index in [0.717, 1.165) is 0 Å². The normalized spacial score (nSPS) is 11.6. The molecule has 0 aliphatic heterocycles. The van der Waals surface area contributed by atoms with Crippen LogP contribution in [0.5, 0.6) is 0 Å². The van der Waals surface area contributed by atoms with Crippen LogP contribution >= 0.6 is 0 Å². The number of aliphatic carboxylic acids is 1. The molecule has 0 aromatic carbocycles. The van der Waals surface area contributed by atoms with Gasteiger partial charge in [-0.1, -0.05) is 0 Å². The minimum atomic E-state index is -1.15. The number of carbonyl (C=O) groups is 3. The molecule has 0 saturated carbocycles. The lowest BCUT2D eigenvalue weighted by Crippen LogP contribution is -2.49. The lowest BCUT2D eigenvalue weighted by Gasteiger charge is -2.19. The maximum atomic E-state index is 11.6. The molecule has 20 heavy (non-hydrogen) atoms. The molecule has 1 atom stereocenters. The second-order valence-electron chi connectivity index (χ2n) is 4.07. The number of nitrogens with one attached hydrogen (secondary N) is 2. The maximum Gasteiger partial charge on any atom is 0.326 e. The number of amides is 3. The van der Waals surface area contributed by atoms with Crippen molar-refractivity contribution in [3.63, 3.8) is 0 Å². The van der Waals surface area contributed by atoms with Crippen molar-refractivity contribution in [2.45, 2.75) is 26.3 Å². The van der Waals surface area contributed by atoms with Crippen molar-refractivity contribution < 1.29 is 24.2 Å². The molecule has 0 aliphatic rings. The number of carbonyl (C=O) groups excluding carboxylic acids is 2. The third-order valence-electron chi connectivity index (χ3n) is 2.73.